The molecule has 5 nitrogen and oxygen atoms in total. The number of carboxylic acids is 1. The van der Waals surface area contributed by atoms with Crippen molar-refractivity contribution in [3.05, 3.63) is 24.3 Å². The minimum Gasteiger partial charge on any atom is -0.547 e. The van der Waals surface area contributed by atoms with Crippen LogP contribution in [0.5, 0.6) is 0 Å². The van der Waals surface area contributed by atoms with Gasteiger partial charge < -0.3 is 20.1 Å². The van der Waals surface area contributed by atoms with Crippen LogP contribution in [0, 0.1) is 17.8 Å². The summed E-state index contributed by atoms with van der Waals surface area (Å²) in [5.74, 6) is -1.34. The monoisotopic (exact) mass is 416 g/mol. The number of aliphatic hydroxyl groups is 2. The maximum Gasteiger partial charge on any atom is 1.00 e. The van der Waals surface area contributed by atoms with E-state index in [-0.39, 0.29) is 66.1 Å². The molecule has 0 aromatic carbocycles. The van der Waals surface area contributed by atoms with Gasteiger partial charge in [-0.1, -0.05) is 63.3 Å². The second-order valence-electron chi connectivity index (χ2n) is 7.90. The van der Waals surface area contributed by atoms with Crippen LogP contribution in [0.15, 0.2) is 24.3 Å². The first kappa shape index (κ1) is 28.5. The van der Waals surface area contributed by atoms with Gasteiger partial charge in [-0.05, 0) is 43.9 Å². The number of aliphatic carboxylic acids is 1. The van der Waals surface area contributed by atoms with Crippen molar-refractivity contribution in [3.8, 4) is 0 Å². The summed E-state index contributed by atoms with van der Waals surface area (Å²) in [6.45, 7) is 2.24. The summed E-state index contributed by atoms with van der Waals surface area (Å²) >= 11 is 0. The van der Waals surface area contributed by atoms with Gasteiger partial charge in [0.1, 0.15) is 5.78 Å². The fourth-order valence-electron chi connectivity index (χ4n) is 3.88. The molecule has 0 bridgehead atoms. The van der Waals surface area contributed by atoms with E-state index >= 15 is 0 Å². The first-order valence-corrected chi connectivity index (χ1v) is 10.8. The number of aliphatic hydroxyl groups excluding tert-OH is 2. The molecule has 160 valence electrons. The van der Waals surface area contributed by atoms with Gasteiger partial charge >= 0.3 is 29.6 Å². The van der Waals surface area contributed by atoms with Gasteiger partial charge in [-0.15, -0.1) is 0 Å². The Labute approximate surface area is 198 Å². The molecule has 1 rings (SSSR count). The molecule has 1 aliphatic carbocycles. The summed E-state index contributed by atoms with van der Waals surface area (Å²) in [4.78, 5) is 22.8. The van der Waals surface area contributed by atoms with Crippen molar-refractivity contribution in [3.63, 3.8) is 0 Å². The molecule has 29 heavy (non-hydrogen) atoms. The molecular formula is C23H37NaO5. The third kappa shape index (κ3) is 11.5. The fraction of sp³-hybridized carbons (Fsp3) is 0.739. The third-order valence-corrected chi connectivity index (χ3v) is 5.64. The van der Waals surface area contributed by atoms with Crippen molar-refractivity contribution in [1.82, 2.24) is 0 Å². The standard InChI is InChI=1S/C23H38O5.Na/c1-2-3-4-5-6-7-8-10-13-19-18(17-24)16-22(26)20(19)14-11-9-12-15-21(25)23(27)28;/h9-11,13,18-21,24-25H,2-8,12,14-17H2,1H3,(H,27,28);/q;+1/p-1/b11-9-,13-10+;/t18-,19-,20+,21?;/m0./s1. The Balaban J connectivity index is 0.00000784. The SMILES string of the molecule is CCCCCCCC/C=C/[C@H]1[C@H](CO)CC(=O)[C@@H]1C/C=C\CCC(O)C(=O)[O-].[Na+]. The van der Waals surface area contributed by atoms with Crippen molar-refractivity contribution in [2.24, 2.45) is 17.8 Å². The molecule has 0 radical (unpaired) electrons. The van der Waals surface area contributed by atoms with E-state index in [9.17, 15) is 24.9 Å². The smallest absolute Gasteiger partial charge is 0.547 e. The van der Waals surface area contributed by atoms with Crippen LogP contribution in [0.1, 0.15) is 77.6 Å². The number of allylic oxidation sites excluding steroid dienone is 4. The average molecular weight is 417 g/mol. The first-order valence-electron chi connectivity index (χ1n) is 10.8. The Kier molecular flexibility index (Phi) is 17.0. The van der Waals surface area contributed by atoms with E-state index in [1.807, 2.05) is 12.2 Å². The Morgan fingerprint density at radius 1 is 1.14 bits per heavy atom. The van der Waals surface area contributed by atoms with E-state index in [2.05, 4.69) is 19.1 Å². The Morgan fingerprint density at radius 3 is 2.48 bits per heavy atom. The van der Waals surface area contributed by atoms with Crippen molar-refractivity contribution in [1.29, 1.82) is 0 Å². The average Bonchev–Trinajstić information content (AvgIpc) is 2.98. The van der Waals surface area contributed by atoms with E-state index in [1.54, 1.807) is 0 Å². The molecule has 6 heteroatoms. The number of ketones is 1. The number of carbonyl (C=O) groups is 2. The van der Waals surface area contributed by atoms with Crippen LogP contribution in [-0.4, -0.2) is 34.7 Å². The maximum absolute atomic E-state index is 12.3. The molecule has 0 saturated heterocycles. The van der Waals surface area contributed by atoms with Crippen molar-refractivity contribution in [2.45, 2.75) is 83.7 Å². The van der Waals surface area contributed by atoms with Gasteiger partial charge in [-0.3, -0.25) is 4.79 Å². The number of Topliss-reactive ketones (excluding diaryl/α,β-unsaturated/α-hetero) is 1. The fourth-order valence-corrected chi connectivity index (χ4v) is 3.88. The van der Waals surface area contributed by atoms with Crippen molar-refractivity contribution < 1.29 is 54.5 Å². The normalized spacial score (nSPS) is 23.0. The van der Waals surface area contributed by atoms with Gasteiger partial charge in [0.2, 0.25) is 0 Å². The summed E-state index contributed by atoms with van der Waals surface area (Å²) in [5, 5.41) is 29.3. The van der Waals surface area contributed by atoms with E-state index in [1.165, 1.54) is 32.1 Å². The number of carboxylic acid groups (broad SMARTS) is 1. The van der Waals surface area contributed by atoms with Gasteiger partial charge in [-0.25, -0.2) is 0 Å². The molecule has 0 amide bonds. The summed E-state index contributed by atoms with van der Waals surface area (Å²) in [6.07, 6.45) is 16.6. The predicted molar refractivity (Wildman–Crippen MR) is 108 cm³/mol. The number of rotatable bonds is 15. The van der Waals surface area contributed by atoms with Crippen molar-refractivity contribution in [2.75, 3.05) is 6.61 Å². The zero-order valence-corrected chi connectivity index (χ0v) is 20.2. The molecule has 1 aliphatic rings. The number of carbonyl (C=O) groups excluding carboxylic acids is 2. The Bertz CT molecular complexity index is 517. The number of hydrogen-bond acceptors (Lipinski definition) is 5. The third-order valence-electron chi connectivity index (χ3n) is 5.64. The van der Waals surface area contributed by atoms with Crippen LogP contribution in [-0.2, 0) is 9.59 Å². The molecule has 0 aliphatic heterocycles. The molecule has 4 atom stereocenters. The zero-order chi connectivity index (χ0) is 20.8. The van der Waals surface area contributed by atoms with Gasteiger partial charge in [0.15, 0.2) is 0 Å². The van der Waals surface area contributed by atoms with Crippen LogP contribution < -0.4 is 34.7 Å². The van der Waals surface area contributed by atoms with Gasteiger partial charge in [0.25, 0.3) is 0 Å². The van der Waals surface area contributed by atoms with E-state index < -0.39 is 12.1 Å². The van der Waals surface area contributed by atoms with Crippen LogP contribution in [0.4, 0.5) is 0 Å². The van der Waals surface area contributed by atoms with Crippen molar-refractivity contribution >= 4 is 11.8 Å². The second-order valence-corrected chi connectivity index (χ2v) is 7.90. The molecule has 1 unspecified atom stereocenters. The number of hydrogen-bond donors (Lipinski definition) is 2. The van der Waals surface area contributed by atoms with Crippen LogP contribution in [0.25, 0.3) is 0 Å². The van der Waals surface area contributed by atoms with Crippen LogP contribution in [0.3, 0.4) is 0 Å². The molecule has 0 aromatic rings. The Morgan fingerprint density at radius 2 is 1.83 bits per heavy atom. The van der Waals surface area contributed by atoms with Crippen LogP contribution in [0.2, 0.25) is 0 Å². The minimum absolute atomic E-state index is 0. The topological polar surface area (TPSA) is 97.7 Å². The molecule has 1 saturated carbocycles. The molecule has 0 aromatic heterocycles. The Hall–Kier alpha value is -0.460. The minimum atomic E-state index is -1.46. The first-order chi connectivity index (χ1) is 13.5. The molecule has 2 N–H and O–H groups in total. The van der Waals surface area contributed by atoms with Gasteiger partial charge in [-0.2, -0.15) is 0 Å². The zero-order valence-electron chi connectivity index (χ0n) is 18.2. The van der Waals surface area contributed by atoms with E-state index in [4.69, 9.17) is 0 Å². The molecule has 1 fully saturated rings. The maximum atomic E-state index is 12.3. The number of unbranched alkanes of at least 4 members (excludes halogenated alkanes) is 6. The van der Waals surface area contributed by atoms with E-state index in [0.29, 0.717) is 19.3 Å². The van der Waals surface area contributed by atoms with E-state index in [0.717, 1.165) is 12.8 Å². The van der Waals surface area contributed by atoms with Gasteiger partial charge in [0.05, 0.1) is 12.1 Å². The summed E-state index contributed by atoms with van der Waals surface area (Å²) in [5.41, 5.74) is 0. The second kappa shape index (κ2) is 17.2. The largest absolute Gasteiger partial charge is 1.00 e. The summed E-state index contributed by atoms with van der Waals surface area (Å²) < 4.78 is 0. The summed E-state index contributed by atoms with van der Waals surface area (Å²) in [7, 11) is 0. The van der Waals surface area contributed by atoms with Gasteiger partial charge in [0, 0.05) is 18.9 Å². The van der Waals surface area contributed by atoms with Crippen LogP contribution >= 0.6 is 0 Å². The molecule has 0 heterocycles. The summed E-state index contributed by atoms with van der Waals surface area (Å²) in [6, 6.07) is 0. The molecular weight excluding hydrogens is 379 g/mol. The quantitative estimate of drug-likeness (QED) is 0.222. The molecule has 0 spiro atoms. The predicted octanol–water partition coefficient (Wildman–Crippen LogP) is -0.0518.